The van der Waals surface area contributed by atoms with E-state index in [1.165, 1.54) is 4.68 Å². The van der Waals surface area contributed by atoms with E-state index >= 15 is 0 Å². The van der Waals surface area contributed by atoms with Gasteiger partial charge in [-0.1, -0.05) is 6.07 Å². The van der Waals surface area contributed by atoms with Crippen molar-refractivity contribution in [2.45, 2.75) is 20.5 Å². The Hall–Kier alpha value is -3.02. The van der Waals surface area contributed by atoms with Gasteiger partial charge in [-0.05, 0) is 49.7 Å². The molecule has 0 fully saturated rings. The third kappa shape index (κ3) is 3.22. The highest BCUT2D eigenvalue weighted by molar-refractivity contribution is 5.65. The highest BCUT2D eigenvalue weighted by Crippen LogP contribution is 2.30. The minimum Gasteiger partial charge on any atom is -0.496 e. The van der Waals surface area contributed by atoms with Crippen LogP contribution in [0.25, 0.3) is 11.3 Å². The molecule has 2 aromatic carbocycles. The summed E-state index contributed by atoms with van der Waals surface area (Å²) in [6.45, 7) is 3.97. The van der Waals surface area contributed by atoms with Crippen LogP contribution in [0.3, 0.4) is 0 Å². The molecular formula is C20H22FN3O2. The molecule has 0 aliphatic rings. The normalized spacial score (nSPS) is 10.8. The Labute approximate surface area is 152 Å². The van der Waals surface area contributed by atoms with E-state index in [4.69, 9.17) is 15.2 Å². The number of halogens is 1. The van der Waals surface area contributed by atoms with Crippen LogP contribution in [-0.4, -0.2) is 16.9 Å². The van der Waals surface area contributed by atoms with Crippen molar-refractivity contribution in [1.82, 2.24) is 9.78 Å². The molecule has 1 aromatic heterocycles. The molecule has 0 radical (unpaired) electrons. The van der Waals surface area contributed by atoms with Crippen molar-refractivity contribution >= 4 is 5.69 Å². The Bertz CT molecular complexity index is 950. The van der Waals surface area contributed by atoms with Gasteiger partial charge in [0.05, 0.1) is 18.4 Å². The first kappa shape index (κ1) is 17.8. The lowest BCUT2D eigenvalue weighted by atomic mass is 10.1. The van der Waals surface area contributed by atoms with Crippen molar-refractivity contribution in [3.8, 4) is 22.8 Å². The van der Waals surface area contributed by atoms with Crippen molar-refractivity contribution in [2.24, 2.45) is 7.05 Å². The van der Waals surface area contributed by atoms with Crippen LogP contribution in [0.2, 0.25) is 0 Å². The Morgan fingerprint density at radius 2 is 1.92 bits per heavy atom. The molecule has 136 valence electrons. The van der Waals surface area contributed by atoms with Crippen molar-refractivity contribution in [3.05, 3.63) is 59.0 Å². The average molecular weight is 355 g/mol. The number of benzene rings is 2. The van der Waals surface area contributed by atoms with Crippen LogP contribution in [0.15, 0.2) is 36.4 Å². The summed E-state index contributed by atoms with van der Waals surface area (Å²) < 4.78 is 26.4. The van der Waals surface area contributed by atoms with Gasteiger partial charge in [0.1, 0.15) is 18.1 Å². The number of anilines is 1. The molecule has 6 heteroatoms. The van der Waals surface area contributed by atoms with Crippen molar-refractivity contribution in [1.29, 1.82) is 0 Å². The first-order valence-corrected chi connectivity index (χ1v) is 8.26. The van der Waals surface area contributed by atoms with E-state index in [9.17, 15) is 4.39 Å². The van der Waals surface area contributed by atoms with E-state index in [0.717, 1.165) is 22.4 Å². The molecule has 0 atom stereocenters. The molecule has 0 unspecified atom stereocenters. The molecule has 2 N–H and O–H groups in total. The maximum Gasteiger partial charge on any atom is 0.214 e. The lowest BCUT2D eigenvalue weighted by Gasteiger charge is -2.14. The highest BCUT2D eigenvalue weighted by atomic mass is 19.1. The summed E-state index contributed by atoms with van der Waals surface area (Å²) in [7, 11) is 3.19. The lowest BCUT2D eigenvalue weighted by molar-refractivity contribution is 0.295. The maximum absolute atomic E-state index is 13.9. The summed E-state index contributed by atoms with van der Waals surface area (Å²) in [6.07, 6.45) is 0. The number of hydrogen-bond donors (Lipinski definition) is 1. The molecular weight excluding hydrogens is 333 g/mol. The average Bonchev–Trinajstić information content (AvgIpc) is 2.88. The molecule has 0 aliphatic heterocycles. The summed E-state index contributed by atoms with van der Waals surface area (Å²) in [5.41, 5.74) is 10.4. The van der Waals surface area contributed by atoms with Crippen LogP contribution in [0.1, 0.15) is 16.7 Å². The van der Waals surface area contributed by atoms with Crippen LogP contribution >= 0.6 is 0 Å². The number of nitrogen functional groups attached to an aromatic ring is 1. The first-order valence-electron chi connectivity index (χ1n) is 8.26. The summed E-state index contributed by atoms with van der Waals surface area (Å²) >= 11 is 0. The molecule has 0 amide bonds. The fraction of sp³-hybridized carbons (Fsp3) is 0.250. The smallest absolute Gasteiger partial charge is 0.214 e. The number of aryl methyl sites for hydroxylation is 2. The standard InChI is InChI=1S/C20H22FN3O2/c1-12-10-14(19-13(2)20(21)24(3)23-19)8-9-17(12)26-11-15-16(22)6-5-7-18(15)25-4/h5-10H,11,22H2,1-4H3. The zero-order chi connectivity index (χ0) is 18.8. The van der Waals surface area contributed by atoms with Gasteiger partial charge in [0, 0.05) is 23.9 Å². The van der Waals surface area contributed by atoms with E-state index in [1.54, 1.807) is 21.1 Å². The number of nitrogens with zero attached hydrogens (tertiary/aromatic N) is 2. The number of rotatable bonds is 5. The largest absolute Gasteiger partial charge is 0.496 e. The fourth-order valence-corrected chi connectivity index (χ4v) is 2.92. The predicted octanol–water partition coefficient (Wildman–Crippen LogP) is 4.01. The molecule has 0 saturated carbocycles. The topological polar surface area (TPSA) is 62.3 Å². The van der Waals surface area contributed by atoms with Gasteiger partial charge in [-0.15, -0.1) is 0 Å². The molecule has 1 heterocycles. The summed E-state index contributed by atoms with van der Waals surface area (Å²) in [4.78, 5) is 0. The monoisotopic (exact) mass is 355 g/mol. The Kier molecular flexibility index (Phi) is 4.84. The van der Waals surface area contributed by atoms with Crippen LogP contribution < -0.4 is 15.2 Å². The number of ether oxygens (including phenoxy) is 2. The minimum absolute atomic E-state index is 0.299. The molecule has 0 bridgehead atoms. The number of methoxy groups -OCH3 is 1. The molecule has 0 saturated heterocycles. The maximum atomic E-state index is 13.9. The Morgan fingerprint density at radius 3 is 2.54 bits per heavy atom. The summed E-state index contributed by atoms with van der Waals surface area (Å²) in [6, 6.07) is 11.2. The van der Waals surface area contributed by atoms with E-state index in [2.05, 4.69) is 5.10 Å². The molecule has 0 aliphatic carbocycles. The predicted molar refractivity (Wildman–Crippen MR) is 99.8 cm³/mol. The lowest BCUT2D eigenvalue weighted by Crippen LogP contribution is -2.03. The molecule has 3 aromatic rings. The fourth-order valence-electron chi connectivity index (χ4n) is 2.92. The van der Waals surface area contributed by atoms with Crippen molar-refractivity contribution in [2.75, 3.05) is 12.8 Å². The van der Waals surface area contributed by atoms with Gasteiger partial charge in [0.15, 0.2) is 0 Å². The van der Waals surface area contributed by atoms with Crippen LogP contribution in [0.4, 0.5) is 10.1 Å². The second kappa shape index (κ2) is 7.07. The van der Waals surface area contributed by atoms with E-state index in [-0.39, 0.29) is 5.95 Å². The Morgan fingerprint density at radius 1 is 1.15 bits per heavy atom. The molecule has 5 nitrogen and oxygen atoms in total. The number of nitrogens with two attached hydrogens (primary N) is 1. The number of hydrogen-bond acceptors (Lipinski definition) is 4. The Balaban J connectivity index is 1.84. The summed E-state index contributed by atoms with van der Waals surface area (Å²) in [5, 5.41) is 4.25. The van der Waals surface area contributed by atoms with Gasteiger partial charge in [0.25, 0.3) is 0 Å². The van der Waals surface area contributed by atoms with E-state index in [0.29, 0.717) is 29.3 Å². The SMILES string of the molecule is COc1cccc(N)c1COc1ccc(-c2nn(C)c(F)c2C)cc1C. The second-order valence-corrected chi connectivity index (χ2v) is 6.19. The van der Waals surface area contributed by atoms with Crippen LogP contribution in [-0.2, 0) is 13.7 Å². The molecule has 3 rings (SSSR count). The summed E-state index contributed by atoms with van der Waals surface area (Å²) in [5.74, 6) is 1.09. The van der Waals surface area contributed by atoms with Gasteiger partial charge in [-0.3, -0.25) is 0 Å². The quantitative estimate of drug-likeness (QED) is 0.703. The molecule has 26 heavy (non-hydrogen) atoms. The third-order valence-electron chi connectivity index (χ3n) is 4.41. The van der Waals surface area contributed by atoms with Crippen LogP contribution in [0, 0.1) is 19.8 Å². The molecule has 0 spiro atoms. The second-order valence-electron chi connectivity index (χ2n) is 6.19. The zero-order valence-electron chi connectivity index (χ0n) is 15.3. The van der Waals surface area contributed by atoms with Crippen molar-refractivity contribution in [3.63, 3.8) is 0 Å². The van der Waals surface area contributed by atoms with Gasteiger partial charge in [-0.2, -0.15) is 9.49 Å². The van der Waals surface area contributed by atoms with Gasteiger partial charge >= 0.3 is 0 Å². The number of aromatic nitrogens is 2. The van der Waals surface area contributed by atoms with E-state index < -0.39 is 0 Å². The highest BCUT2D eigenvalue weighted by Gasteiger charge is 2.15. The van der Waals surface area contributed by atoms with Gasteiger partial charge < -0.3 is 15.2 Å². The zero-order valence-corrected chi connectivity index (χ0v) is 15.3. The van der Waals surface area contributed by atoms with Gasteiger partial charge in [0.2, 0.25) is 5.95 Å². The third-order valence-corrected chi connectivity index (χ3v) is 4.41. The van der Waals surface area contributed by atoms with Crippen LogP contribution in [0.5, 0.6) is 11.5 Å². The van der Waals surface area contributed by atoms with Crippen molar-refractivity contribution < 1.29 is 13.9 Å². The van der Waals surface area contributed by atoms with Gasteiger partial charge in [-0.25, -0.2) is 4.68 Å². The van der Waals surface area contributed by atoms with E-state index in [1.807, 2.05) is 43.3 Å². The first-order chi connectivity index (χ1) is 12.4. The minimum atomic E-state index is -0.329.